The van der Waals surface area contributed by atoms with Gasteiger partial charge in [0.25, 0.3) is 5.91 Å². The molecule has 182 valence electrons. The highest BCUT2D eigenvalue weighted by atomic mass is 16.5. The highest BCUT2D eigenvalue weighted by Gasteiger charge is 2.25. The third-order valence-corrected chi connectivity index (χ3v) is 7.16. The molecule has 4 aromatic rings. The van der Waals surface area contributed by atoms with Crippen LogP contribution in [0.15, 0.2) is 54.9 Å². The molecule has 0 bridgehead atoms. The number of aromatic nitrogens is 3. The molecular weight excluding hydrogens is 450 g/mol. The molecule has 0 radical (unpaired) electrons. The number of fused-ring (bicyclic) bond motifs is 2. The van der Waals surface area contributed by atoms with Gasteiger partial charge in [0, 0.05) is 43.5 Å². The van der Waals surface area contributed by atoms with Gasteiger partial charge in [0.1, 0.15) is 11.5 Å². The molecule has 0 saturated heterocycles. The summed E-state index contributed by atoms with van der Waals surface area (Å²) in [7, 11) is 3.58. The number of pyridine rings is 1. The SMILES string of the molecule is CNC(=O)c1cc2cc(C3=CCOC3)ccc2c(N2CCCc3cc(-c4cnn(C)c4)c(C)cc32)n1. The Balaban J connectivity index is 1.50. The zero-order valence-electron chi connectivity index (χ0n) is 20.8. The number of nitrogens with one attached hydrogen (secondary N) is 1. The first kappa shape index (κ1) is 22.5. The number of carbonyl (C=O) groups excluding carboxylic acids is 1. The molecule has 2 aliphatic rings. The van der Waals surface area contributed by atoms with E-state index < -0.39 is 0 Å². The van der Waals surface area contributed by atoms with Gasteiger partial charge < -0.3 is 15.0 Å². The van der Waals surface area contributed by atoms with Crippen LogP contribution < -0.4 is 10.2 Å². The van der Waals surface area contributed by atoms with Crippen LogP contribution in [0.3, 0.4) is 0 Å². The standard InChI is InChI=1S/C29H29N5O2/c1-18-11-27-20(13-25(18)23-15-31-33(3)16-23)5-4-9-34(27)28-24-7-6-19(21-8-10-36-17-21)12-22(24)14-26(32-28)29(35)30-2/h6-8,11-16H,4-5,9-10,17H2,1-3H3,(H,30,35). The Morgan fingerprint density at radius 2 is 2.03 bits per heavy atom. The number of amides is 1. The van der Waals surface area contributed by atoms with E-state index in [-0.39, 0.29) is 5.91 Å². The molecule has 6 rings (SSSR count). The number of benzene rings is 2. The first-order chi connectivity index (χ1) is 17.5. The third-order valence-electron chi connectivity index (χ3n) is 7.16. The lowest BCUT2D eigenvalue weighted by Gasteiger charge is -2.32. The summed E-state index contributed by atoms with van der Waals surface area (Å²) >= 11 is 0. The van der Waals surface area contributed by atoms with E-state index in [1.165, 1.54) is 22.3 Å². The van der Waals surface area contributed by atoms with Gasteiger partial charge in [-0.1, -0.05) is 18.2 Å². The minimum Gasteiger partial charge on any atom is -0.373 e. The number of hydrogen-bond acceptors (Lipinski definition) is 5. The minimum absolute atomic E-state index is 0.188. The topological polar surface area (TPSA) is 72.3 Å². The highest BCUT2D eigenvalue weighted by molar-refractivity contribution is 6.02. The van der Waals surface area contributed by atoms with Crippen molar-refractivity contribution in [2.75, 3.05) is 31.7 Å². The van der Waals surface area contributed by atoms with Gasteiger partial charge in [-0.3, -0.25) is 9.48 Å². The van der Waals surface area contributed by atoms with Crippen LogP contribution >= 0.6 is 0 Å². The van der Waals surface area contributed by atoms with Crippen LogP contribution in [-0.4, -0.2) is 47.5 Å². The van der Waals surface area contributed by atoms with Gasteiger partial charge in [-0.05, 0) is 77.2 Å². The Kier molecular flexibility index (Phi) is 5.57. The molecule has 0 saturated carbocycles. The van der Waals surface area contributed by atoms with Gasteiger partial charge in [-0.2, -0.15) is 5.10 Å². The smallest absolute Gasteiger partial charge is 0.269 e. The van der Waals surface area contributed by atoms with Crippen LogP contribution in [0.25, 0.3) is 27.5 Å². The molecule has 0 aliphatic carbocycles. The third kappa shape index (κ3) is 3.85. The summed E-state index contributed by atoms with van der Waals surface area (Å²) in [6.07, 6.45) is 8.11. The van der Waals surface area contributed by atoms with Gasteiger partial charge in [-0.25, -0.2) is 4.98 Å². The Bertz CT molecular complexity index is 1530. The van der Waals surface area contributed by atoms with Gasteiger partial charge in [0.05, 0.1) is 19.4 Å². The fourth-order valence-corrected chi connectivity index (χ4v) is 5.31. The number of rotatable bonds is 4. The van der Waals surface area contributed by atoms with E-state index in [1.807, 2.05) is 24.0 Å². The lowest BCUT2D eigenvalue weighted by atomic mass is 9.93. The molecule has 2 aliphatic heterocycles. The van der Waals surface area contributed by atoms with Gasteiger partial charge in [0.15, 0.2) is 0 Å². The maximum absolute atomic E-state index is 12.7. The summed E-state index contributed by atoms with van der Waals surface area (Å²) in [5, 5.41) is 9.14. The summed E-state index contributed by atoms with van der Waals surface area (Å²) in [5.41, 5.74) is 8.69. The quantitative estimate of drug-likeness (QED) is 0.455. The summed E-state index contributed by atoms with van der Waals surface area (Å²) in [4.78, 5) is 19.9. The van der Waals surface area contributed by atoms with E-state index in [2.05, 4.69) is 64.8 Å². The number of hydrogen-bond donors (Lipinski definition) is 1. The number of carbonyl (C=O) groups is 1. The second-order valence-corrected chi connectivity index (χ2v) is 9.54. The molecule has 0 atom stereocenters. The van der Waals surface area contributed by atoms with E-state index in [4.69, 9.17) is 9.72 Å². The monoisotopic (exact) mass is 479 g/mol. The van der Waals surface area contributed by atoms with Crippen LogP contribution in [0.1, 0.15) is 33.6 Å². The lowest BCUT2D eigenvalue weighted by Crippen LogP contribution is -2.27. The first-order valence-corrected chi connectivity index (χ1v) is 12.4. The Hall–Kier alpha value is -3.97. The molecule has 4 heterocycles. The summed E-state index contributed by atoms with van der Waals surface area (Å²) in [6, 6.07) is 12.9. The molecule has 2 aromatic heterocycles. The summed E-state index contributed by atoms with van der Waals surface area (Å²) in [6.45, 7) is 4.25. The van der Waals surface area contributed by atoms with Crippen molar-refractivity contribution in [3.05, 3.63) is 77.3 Å². The molecule has 7 heteroatoms. The van der Waals surface area contributed by atoms with Crippen LogP contribution in [0.5, 0.6) is 0 Å². The van der Waals surface area contributed by atoms with E-state index in [9.17, 15) is 4.79 Å². The molecule has 0 unspecified atom stereocenters. The van der Waals surface area contributed by atoms with Crippen molar-refractivity contribution in [2.45, 2.75) is 19.8 Å². The molecule has 0 fully saturated rings. The zero-order valence-corrected chi connectivity index (χ0v) is 20.8. The van der Waals surface area contributed by atoms with Crippen molar-refractivity contribution in [1.82, 2.24) is 20.1 Å². The maximum Gasteiger partial charge on any atom is 0.269 e. The minimum atomic E-state index is -0.188. The number of ether oxygens (including phenoxy) is 1. The number of anilines is 2. The van der Waals surface area contributed by atoms with E-state index in [0.29, 0.717) is 18.9 Å². The van der Waals surface area contributed by atoms with Crippen LogP contribution in [-0.2, 0) is 18.2 Å². The van der Waals surface area contributed by atoms with Gasteiger partial charge in [-0.15, -0.1) is 0 Å². The predicted molar refractivity (Wildman–Crippen MR) is 143 cm³/mol. The van der Waals surface area contributed by atoms with Crippen molar-refractivity contribution >= 4 is 33.8 Å². The fraction of sp³-hybridized carbons (Fsp3) is 0.276. The fourth-order valence-electron chi connectivity index (χ4n) is 5.31. The first-order valence-electron chi connectivity index (χ1n) is 12.4. The van der Waals surface area contributed by atoms with Crippen molar-refractivity contribution in [2.24, 2.45) is 7.05 Å². The van der Waals surface area contributed by atoms with E-state index in [1.54, 1.807) is 7.05 Å². The van der Waals surface area contributed by atoms with Crippen molar-refractivity contribution in [1.29, 1.82) is 0 Å². The van der Waals surface area contributed by atoms with Crippen LogP contribution in [0, 0.1) is 6.92 Å². The molecule has 0 spiro atoms. The van der Waals surface area contributed by atoms with Crippen molar-refractivity contribution < 1.29 is 9.53 Å². The Morgan fingerprint density at radius 1 is 1.14 bits per heavy atom. The second-order valence-electron chi connectivity index (χ2n) is 9.54. The largest absolute Gasteiger partial charge is 0.373 e. The lowest BCUT2D eigenvalue weighted by molar-refractivity contribution is 0.0958. The normalized spacial score (nSPS) is 15.2. The van der Waals surface area contributed by atoms with E-state index >= 15 is 0 Å². The number of nitrogens with zero attached hydrogens (tertiary/aromatic N) is 4. The van der Waals surface area contributed by atoms with Crippen molar-refractivity contribution in [3.8, 4) is 11.1 Å². The summed E-state index contributed by atoms with van der Waals surface area (Å²) in [5.74, 6) is 0.635. The molecule has 1 N–H and O–H groups in total. The molecule has 36 heavy (non-hydrogen) atoms. The maximum atomic E-state index is 12.7. The van der Waals surface area contributed by atoms with E-state index in [0.717, 1.165) is 52.8 Å². The molecule has 7 nitrogen and oxygen atoms in total. The van der Waals surface area contributed by atoms with Crippen molar-refractivity contribution in [3.63, 3.8) is 0 Å². The predicted octanol–water partition coefficient (Wildman–Crippen LogP) is 4.80. The Labute approximate surface area is 210 Å². The Morgan fingerprint density at radius 3 is 2.78 bits per heavy atom. The van der Waals surface area contributed by atoms with Crippen LogP contribution in [0.4, 0.5) is 11.5 Å². The van der Waals surface area contributed by atoms with Gasteiger partial charge >= 0.3 is 0 Å². The molecule has 1 amide bonds. The second kappa shape index (κ2) is 8.91. The molecular formula is C29H29N5O2. The zero-order chi connectivity index (χ0) is 24.8. The van der Waals surface area contributed by atoms with Crippen LogP contribution in [0.2, 0.25) is 0 Å². The number of aryl methyl sites for hydroxylation is 3. The average molecular weight is 480 g/mol. The summed E-state index contributed by atoms with van der Waals surface area (Å²) < 4.78 is 7.37. The van der Waals surface area contributed by atoms with Gasteiger partial charge in [0.2, 0.25) is 0 Å². The average Bonchev–Trinajstić information content (AvgIpc) is 3.59. The molecule has 2 aromatic carbocycles. The highest BCUT2D eigenvalue weighted by Crippen LogP contribution is 2.40.